The smallest absolute Gasteiger partial charge is 0.118 e. The Balaban J connectivity index is 2.14. The SMILES string of the molecule is COCCN=C(NN)C1CCCc2sccc21. The van der Waals surface area contributed by atoms with Gasteiger partial charge in [0.1, 0.15) is 5.84 Å². The van der Waals surface area contributed by atoms with E-state index in [2.05, 4.69) is 21.9 Å². The summed E-state index contributed by atoms with van der Waals surface area (Å²) in [5, 5.41) is 2.16. The van der Waals surface area contributed by atoms with Crippen LogP contribution in [0.25, 0.3) is 0 Å². The van der Waals surface area contributed by atoms with Crippen molar-refractivity contribution in [1.82, 2.24) is 5.43 Å². The molecule has 2 rings (SSSR count). The van der Waals surface area contributed by atoms with Crippen LogP contribution in [0.1, 0.15) is 29.2 Å². The highest BCUT2D eigenvalue weighted by molar-refractivity contribution is 7.10. The molecule has 3 N–H and O–H groups in total. The zero-order valence-corrected chi connectivity index (χ0v) is 10.9. The third kappa shape index (κ3) is 2.86. The minimum absolute atomic E-state index is 0.340. The lowest BCUT2D eigenvalue weighted by molar-refractivity contribution is 0.208. The summed E-state index contributed by atoms with van der Waals surface area (Å²) in [7, 11) is 1.68. The molecule has 1 atom stereocenters. The number of hydrazine groups is 1. The molecular weight excluding hydrogens is 234 g/mol. The molecule has 0 aliphatic heterocycles. The average Bonchev–Trinajstić information content (AvgIpc) is 2.83. The number of amidine groups is 1. The Morgan fingerprint density at radius 1 is 1.71 bits per heavy atom. The van der Waals surface area contributed by atoms with Crippen molar-refractivity contribution in [3.05, 3.63) is 21.9 Å². The minimum Gasteiger partial charge on any atom is -0.383 e. The van der Waals surface area contributed by atoms with Crippen LogP contribution in [-0.4, -0.2) is 26.1 Å². The fraction of sp³-hybridized carbons (Fsp3) is 0.583. The van der Waals surface area contributed by atoms with Crippen LogP contribution in [0.15, 0.2) is 16.4 Å². The molecule has 1 aromatic rings. The molecule has 0 spiro atoms. The molecule has 0 fully saturated rings. The van der Waals surface area contributed by atoms with E-state index < -0.39 is 0 Å². The monoisotopic (exact) mass is 253 g/mol. The van der Waals surface area contributed by atoms with Crippen LogP contribution in [0.2, 0.25) is 0 Å². The number of aryl methyl sites for hydroxylation is 1. The molecule has 0 amide bonds. The summed E-state index contributed by atoms with van der Waals surface area (Å²) in [6.45, 7) is 1.29. The van der Waals surface area contributed by atoms with Gasteiger partial charge in [0.2, 0.25) is 0 Å². The van der Waals surface area contributed by atoms with Crippen LogP contribution < -0.4 is 11.3 Å². The normalized spacial score (nSPS) is 20.1. The number of nitrogens with two attached hydrogens (primary N) is 1. The minimum atomic E-state index is 0.340. The van der Waals surface area contributed by atoms with Crippen LogP contribution in [-0.2, 0) is 11.2 Å². The second-order valence-corrected chi connectivity index (χ2v) is 5.15. The number of hydrogen-bond acceptors (Lipinski definition) is 4. The Hall–Kier alpha value is -0.910. The lowest BCUT2D eigenvalue weighted by Gasteiger charge is -2.23. The van der Waals surface area contributed by atoms with Crippen LogP contribution in [0.3, 0.4) is 0 Å². The molecular formula is C12H19N3OS. The molecule has 4 nitrogen and oxygen atoms in total. The van der Waals surface area contributed by atoms with Gasteiger partial charge in [-0.25, -0.2) is 5.84 Å². The number of aliphatic imine (C=N–C) groups is 1. The van der Waals surface area contributed by atoms with Gasteiger partial charge in [-0.15, -0.1) is 11.3 Å². The van der Waals surface area contributed by atoms with Gasteiger partial charge in [-0.05, 0) is 36.3 Å². The molecule has 1 unspecified atom stereocenters. The van der Waals surface area contributed by atoms with Gasteiger partial charge in [0.05, 0.1) is 13.2 Å². The first-order valence-corrected chi connectivity index (χ1v) is 6.81. The van der Waals surface area contributed by atoms with Crippen molar-refractivity contribution in [2.45, 2.75) is 25.2 Å². The second kappa shape index (κ2) is 6.14. The van der Waals surface area contributed by atoms with Crippen molar-refractivity contribution in [3.63, 3.8) is 0 Å². The molecule has 0 saturated carbocycles. The van der Waals surface area contributed by atoms with Crippen molar-refractivity contribution in [2.75, 3.05) is 20.3 Å². The van der Waals surface area contributed by atoms with Crippen LogP contribution in [0, 0.1) is 0 Å². The van der Waals surface area contributed by atoms with E-state index in [1.54, 1.807) is 7.11 Å². The number of nitrogens with zero attached hydrogens (tertiary/aromatic N) is 1. The first kappa shape index (κ1) is 12.5. The Morgan fingerprint density at radius 3 is 3.35 bits per heavy atom. The highest BCUT2D eigenvalue weighted by Crippen LogP contribution is 2.35. The molecule has 1 aromatic heterocycles. The Labute approximate surface area is 106 Å². The van der Waals surface area contributed by atoms with Gasteiger partial charge in [-0.3, -0.25) is 4.99 Å². The van der Waals surface area contributed by atoms with Crippen molar-refractivity contribution in [2.24, 2.45) is 10.8 Å². The molecule has 0 aromatic carbocycles. The summed E-state index contributed by atoms with van der Waals surface area (Å²) in [5.41, 5.74) is 4.16. The predicted molar refractivity (Wildman–Crippen MR) is 71.5 cm³/mol. The lowest BCUT2D eigenvalue weighted by Crippen LogP contribution is -2.36. The third-order valence-corrected chi connectivity index (χ3v) is 4.10. The van der Waals surface area contributed by atoms with Crippen LogP contribution in [0.5, 0.6) is 0 Å². The Bertz CT molecular complexity index is 389. The molecule has 1 heterocycles. The summed E-state index contributed by atoms with van der Waals surface area (Å²) in [6, 6.07) is 2.20. The van der Waals surface area contributed by atoms with Gasteiger partial charge in [0, 0.05) is 17.9 Å². The van der Waals surface area contributed by atoms with E-state index in [0.717, 1.165) is 12.3 Å². The number of ether oxygens (including phenoxy) is 1. The zero-order chi connectivity index (χ0) is 12.1. The number of methoxy groups -OCH3 is 1. The zero-order valence-electron chi connectivity index (χ0n) is 10.1. The average molecular weight is 253 g/mol. The number of nitrogens with one attached hydrogen (secondary N) is 1. The van der Waals surface area contributed by atoms with Gasteiger partial charge in [0.15, 0.2) is 0 Å². The maximum Gasteiger partial charge on any atom is 0.118 e. The highest BCUT2D eigenvalue weighted by Gasteiger charge is 2.25. The van der Waals surface area contributed by atoms with E-state index in [-0.39, 0.29) is 0 Å². The summed E-state index contributed by atoms with van der Waals surface area (Å²) < 4.78 is 5.00. The number of rotatable bonds is 4. The molecule has 94 valence electrons. The first-order valence-electron chi connectivity index (χ1n) is 5.93. The van der Waals surface area contributed by atoms with E-state index in [1.807, 2.05) is 11.3 Å². The number of fused-ring (bicyclic) bond motifs is 1. The number of hydrogen-bond donors (Lipinski definition) is 2. The summed E-state index contributed by atoms with van der Waals surface area (Å²) in [5.74, 6) is 6.82. The highest BCUT2D eigenvalue weighted by atomic mass is 32.1. The molecule has 5 heteroatoms. The summed E-state index contributed by atoms with van der Waals surface area (Å²) in [4.78, 5) is 5.98. The maximum atomic E-state index is 5.59. The van der Waals surface area contributed by atoms with Gasteiger partial charge in [-0.1, -0.05) is 0 Å². The maximum absolute atomic E-state index is 5.59. The van der Waals surface area contributed by atoms with Crippen molar-refractivity contribution in [3.8, 4) is 0 Å². The fourth-order valence-electron chi connectivity index (χ4n) is 2.28. The van der Waals surface area contributed by atoms with Crippen LogP contribution in [0.4, 0.5) is 0 Å². The fourth-order valence-corrected chi connectivity index (χ4v) is 3.27. The Morgan fingerprint density at radius 2 is 2.59 bits per heavy atom. The largest absolute Gasteiger partial charge is 0.383 e. The molecule has 0 saturated heterocycles. The predicted octanol–water partition coefficient (Wildman–Crippen LogP) is 1.68. The van der Waals surface area contributed by atoms with Gasteiger partial charge in [0.25, 0.3) is 0 Å². The van der Waals surface area contributed by atoms with Crippen molar-refractivity contribution in [1.29, 1.82) is 0 Å². The quantitative estimate of drug-likeness (QED) is 0.282. The van der Waals surface area contributed by atoms with E-state index in [0.29, 0.717) is 19.1 Å². The molecule has 1 aliphatic rings. The number of thiophene rings is 1. The van der Waals surface area contributed by atoms with E-state index >= 15 is 0 Å². The molecule has 0 radical (unpaired) electrons. The third-order valence-electron chi connectivity index (χ3n) is 3.11. The summed E-state index contributed by atoms with van der Waals surface area (Å²) in [6.07, 6.45) is 3.53. The molecule has 1 aliphatic carbocycles. The summed E-state index contributed by atoms with van der Waals surface area (Å²) >= 11 is 1.84. The van der Waals surface area contributed by atoms with Crippen molar-refractivity contribution >= 4 is 17.2 Å². The van der Waals surface area contributed by atoms with E-state index in [1.165, 1.54) is 23.3 Å². The van der Waals surface area contributed by atoms with E-state index in [9.17, 15) is 0 Å². The van der Waals surface area contributed by atoms with Crippen molar-refractivity contribution < 1.29 is 4.74 Å². The van der Waals surface area contributed by atoms with Gasteiger partial charge >= 0.3 is 0 Å². The molecule has 17 heavy (non-hydrogen) atoms. The van der Waals surface area contributed by atoms with Gasteiger partial charge in [-0.2, -0.15) is 0 Å². The van der Waals surface area contributed by atoms with Gasteiger partial charge < -0.3 is 10.2 Å². The van der Waals surface area contributed by atoms with E-state index in [4.69, 9.17) is 10.6 Å². The molecule has 0 bridgehead atoms. The standard InChI is InChI=1S/C12H19N3OS/c1-16-7-6-14-12(15-13)10-3-2-4-11-9(10)5-8-17-11/h5,8,10H,2-4,6-7,13H2,1H3,(H,14,15). The first-order chi connectivity index (χ1) is 8.36. The lowest BCUT2D eigenvalue weighted by atomic mass is 9.87. The van der Waals surface area contributed by atoms with Crippen LogP contribution >= 0.6 is 11.3 Å². The Kier molecular flexibility index (Phi) is 4.53. The topological polar surface area (TPSA) is 59.6 Å². The second-order valence-electron chi connectivity index (χ2n) is 4.15.